The highest BCUT2D eigenvalue weighted by atomic mass is 15.0. The summed E-state index contributed by atoms with van der Waals surface area (Å²) >= 11 is 0. The van der Waals surface area contributed by atoms with Crippen molar-refractivity contribution in [2.75, 3.05) is 0 Å². The molecule has 204 valence electrons. The van der Waals surface area contributed by atoms with Crippen molar-refractivity contribution in [2.45, 2.75) is 0 Å². The fourth-order valence-electron chi connectivity index (χ4n) is 5.47. The average Bonchev–Trinajstić information content (AvgIpc) is 3.11. The first kappa shape index (κ1) is 26.5. The summed E-state index contributed by atoms with van der Waals surface area (Å²) in [6, 6.07) is 50.1. The first-order chi connectivity index (χ1) is 21.7. The number of benzene rings is 6. The molecular formula is C39H23N5. The van der Waals surface area contributed by atoms with E-state index in [0.717, 1.165) is 49.7 Å². The molecule has 0 aliphatic rings. The fourth-order valence-corrected chi connectivity index (χ4v) is 5.47. The van der Waals surface area contributed by atoms with E-state index in [1.165, 1.54) is 0 Å². The van der Waals surface area contributed by atoms with Crippen LogP contribution in [0.2, 0.25) is 0 Å². The third-order valence-electron chi connectivity index (χ3n) is 7.56. The van der Waals surface area contributed by atoms with Gasteiger partial charge in [-0.15, -0.1) is 0 Å². The molecule has 1 aromatic heterocycles. The van der Waals surface area contributed by atoms with Gasteiger partial charge in [-0.2, -0.15) is 10.5 Å². The van der Waals surface area contributed by atoms with Crippen LogP contribution in [-0.2, 0) is 0 Å². The predicted octanol–water partition coefficient (Wildman–Crippen LogP) is 9.10. The highest BCUT2D eigenvalue weighted by Gasteiger charge is 2.14. The molecule has 0 spiro atoms. The molecule has 5 heteroatoms. The number of nitriles is 2. The second-order valence-corrected chi connectivity index (χ2v) is 10.3. The summed E-state index contributed by atoms with van der Waals surface area (Å²) in [5, 5.41) is 21.3. The predicted molar refractivity (Wildman–Crippen MR) is 174 cm³/mol. The topological polar surface area (TPSA) is 86.2 Å². The molecule has 1 heterocycles. The van der Waals surface area contributed by atoms with E-state index in [1.807, 2.05) is 103 Å². The highest BCUT2D eigenvalue weighted by molar-refractivity contribution is 6.06. The van der Waals surface area contributed by atoms with Crippen LogP contribution in [-0.4, -0.2) is 15.0 Å². The van der Waals surface area contributed by atoms with Crippen molar-refractivity contribution < 1.29 is 0 Å². The number of hydrogen-bond acceptors (Lipinski definition) is 5. The monoisotopic (exact) mass is 561 g/mol. The van der Waals surface area contributed by atoms with Crippen LogP contribution in [0.1, 0.15) is 11.1 Å². The van der Waals surface area contributed by atoms with Crippen molar-refractivity contribution in [1.29, 1.82) is 10.5 Å². The van der Waals surface area contributed by atoms with Crippen LogP contribution in [0.4, 0.5) is 0 Å². The lowest BCUT2D eigenvalue weighted by atomic mass is 9.90. The van der Waals surface area contributed by atoms with Gasteiger partial charge in [-0.25, -0.2) is 15.0 Å². The molecule has 5 nitrogen and oxygen atoms in total. The van der Waals surface area contributed by atoms with Gasteiger partial charge >= 0.3 is 0 Å². The van der Waals surface area contributed by atoms with Crippen LogP contribution in [0.25, 0.3) is 67.2 Å². The smallest absolute Gasteiger partial charge is 0.164 e. The second-order valence-electron chi connectivity index (χ2n) is 10.3. The van der Waals surface area contributed by atoms with Crippen molar-refractivity contribution in [1.82, 2.24) is 15.0 Å². The van der Waals surface area contributed by atoms with Gasteiger partial charge in [0.15, 0.2) is 17.5 Å². The third-order valence-corrected chi connectivity index (χ3v) is 7.56. The normalized spacial score (nSPS) is 10.7. The molecule has 0 amide bonds. The molecule has 0 saturated carbocycles. The van der Waals surface area contributed by atoms with Gasteiger partial charge < -0.3 is 0 Å². The first-order valence-corrected chi connectivity index (χ1v) is 14.2. The van der Waals surface area contributed by atoms with Gasteiger partial charge in [-0.05, 0) is 51.2 Å². The molecule has 0 fully saturated rings. The average molecular weight is 562 g/mol. The molecule has 0 bridgehead atoms. The van der Waals surface area contributed by atoms with E-state index >= 15 is 0 Å². The number of nitrogens with zero attached hydrogens (tertiary/aromatic N) is 5. The molecule has 0 radical (unpaired) electrons. The quantitative estimate of drug-likeness (QED) is 0.209. The Bertz CT molecular complexity index is 2130. The molecule has 0 aliphatic heterocycles. The lowest BCUT2D eigenvalue weighted by molar-refractivity contribution is 1.07. The maximum absolute atomic E-state index is 9.58. The molecule has 0 aliphatic carbocycles. The van der Waals surface area contributed by atoms with Crippen LogP contribution in [0.15, 0.2) is 140 Å². The molecule has 7 aromatic rings. The lowest BCUT2D eigenvalue weighted by Gasteiger charge is -2.14. The Balaban J connectivity index is 1.34. The zero-order valence-corrected chi connectivity index (χ0v) is 23.5. The van der Waals surface area contributed by atoms with Gasteiger partial charge in [-0.1, -0.05) is 121 Å². The Morgan fingerprint density at radius 3 is 1.30 bits per heavy atom. The maximum Gasteiger partial charge on any atom is 0.164 e. The van der Waals surface area contributed by atoms with E-state index in [9.17, 15) is 10.5 Å². The minimum Gasteiger partial charge on any atom is -0.208 e. The van der Waals surface area contributed by atoms with E-state index in [4.69, 9.17) is 15.0 Å². The van der Waals surface area contributed by atoms with Crippen LogP contribution < -0.4 is 0 Å². The van der Waals surface area contributed by atoms with Gasteiger partial charge in [0.05, 0.1) is 23.3 Å². The molecule has 7 rings (SSSR count). The number of rotatable bonds is 5. The van der Waals surface area contributed by atoms with E-state index in [2.05, 4.69) is 42.5 Å². The maximum atomic E-state index is 9.58. The third kappa shape index (κ3) is 5.07. The first-order valence-electron chi connectivity index (χ1n) is 14.2. The van der Waals surface area contributed by atoms with Crippen LogP contribution in [0.5, 0.6) is 0 Å². The summed E-state index contributed by atoms with van der Waals surface area (Å²) < 4.78 is 0. The lowest BCUT2D eigenvalue weighted by Crippen LogP contribution is -2.00. The Kier molecular flexibility index (Phi) is 6.89. The summed E-state index contributed by atoms with van der Waals surface area (Å²) in [4.78, 5) is 14.5. The van der Waals surface area contributed by atoms with Crippen molar-refractivity contribution in [3.05, 3.63) is 151 Å². The summed E-state index contributed by atoms with van der Waals surface area (Å²) in [5.41, 5.74) is 7.53. The van der Waals surface area contributed by atoms with Crippen LogP contribution in [0.3, 0.4) is 0 Å². The minimum atomic E-state index is 0.458. The molecule has 6 aromatic carbocycles. The minimum absolute atomic E-state index is 0.458. The highest BCUT2D eigenvalue weighted by Crippen LogP contribution is 2.38. The molecule has 0 unspecified atom stereocenters. The second kappa shape index (κ2) is 11.4. The van der Waals surface area contributed by atoms with Crippen molar-refractivity contribution in [2.24, 2.45) is 0 Å². The zero-order chi connectivity index (χ0) is 29.9. The Hall–Kier alpha value is -6.43. The van der Waals surface area contributed by atoms with Gasteiger partial charge in [0.1, 0.15) is 0 Å². The van der Waals surface area contributed by atoms with Gasteiger partial charge in [-0.3, -0.25) is 0 Å². The summed E-state index contributed by atoms with van der Waals surface area (Å²) in [7, 11) is 0. The standard InChI is InChI=1S/C39H23N5/c40-24-26-21-27(25-41)23-33(22-26)35-16-8-14-29-13-7-15-34(36(29)35)28-17-19-32(20-18-28)39-43-37(30-9-3-1-4-10-30)42-38(44-39)31-11-5-2-6-12-31/h1-23H. The van der Waals surface area contributed by atoms with Crippen molar-refractivity contribution in [3.8, 4) is 68.6 Å². The number of fused-ring (bicyclic) bond motifs is 1. The Labute approximate surface area is 255 Å². The van der Waals surface area contributed by atoms with E-state index in [0.29, 0.717) is 28.6 Å². The van der Waals surface area contributed by atoms with E-state index < -0.39 is 0 Å². The summed E-state index contributed by atoms with van der Waals surface area (Å²) in [6.07, 6.45) is 0. The summed E-state index contributed by atoms with van der Waals surface area (Å²) in [6.45, 7) is 0. The van der Waals surface area contributed by atoms with Gasteiger partial charge in [0.2, 0.25) is 0 Å². The fraction of sp³-hybridized carbons (Fsp3) is 0. The van der Waals surface area contributed by atoms with Crippen molar-refractivity contribution >= 4 is 10.8 Å². The Morgan fingerprint density at radius 1 is 0.386 bits per heavy atom. The number of aromatic nitrogens is 3. The van der Waals surface area contributed by atoms with E-state index in [-0.39, 0.29) is 0 Å². The van der Waals surface area contributed by atoms with Crippen LogP contribution in [0, 0.1) is 22.7 Å². The Morgan fingerprint density at radius 2 is 0.818 bits per heavy atom. The molecule has 0 N–H and O–H groups in total. The number of hydrogen-bond donors (Lipinski definition) is 0. The zero-order valence-electron chi connectivity index (χ0n) is 23.5. The summed E-state index contributed by atoms with van der Waals surface area (Å²) in [5.74, 6) is 1.84. The largest absolute Gasteiger partial charge is 0.208 e. The van der Waals surface area contributed by atoms with E-state index in [1.54, 1.807) is 6.07 Å². The van der Waals surface area contributed by atoms with Gasteiger partial charge in [0.25, 0.3) is 0 Å². The molecular weight excluding hydrogens is 538 g/mol. The SMILES string of the molecule is N#Cc1cc(C#N)cc(-c2cccc3cccc(-c4ccc(-c5nc(-c6ccccc6)nc(-c6ccccc6)n5)cc4)c23)c1. The van der Waals surface area contributed by atoms with Gasteiger partial charge in [0, 0.05) is 16.7 Å². The van der Waals surface area contributed by atoms with Crippen LogP contribution >= 0.6 is 0 Å². The molecule has 0 atom stereocenters. The van der Waals surface area contributed by atoms with Crippen molar-refractivity contribution in [3.63, 3.8) is 0 Å². The molecule has 44 heavy (non-hydrogen) atoms. The molecule has 0 saturated heterocycles.